The van der Waals surface area contributed by atoms with Gasteiger partial charge >= 0.3 is 11.9 Å². The number of carbonyl (C=O) groups is 2. The maximum absolute atomic E-state index is 12.7. The van der Waals surface area contributed by atoms with E-state index in [0.29, 0.717) is 6.42 Å². The standard InChI is InChI=1S/C46H84O10/c1-3-5-7-9-11-13-15-17-18-19-20-21-22-23-25-26-28-30-32-34-41(48)53-37-39(38-54-46-45(52)44(51)43(50)40(36-47)56-46)55-42(49)35-33-31-29-27-24-16-14-12-10-8-6-4-2/h11,13,17-18,39-40,43-47,50-52H,3-10,12,14-16,19-38H2,1-2H3/b13-11+,18-17+/t39-,40-,43+,44?,45?,46-/m0/s1. The molecule has 0 amide bonds. The highest BCUT2D eigenvalue weighted by Crippen LogP contribution is 2.23. The minimum absolute atomic E-state index is 0.216. The number of unbranched alkanes of at least 4 members (excludes halogenated alkanes) is 23. The Hall–Kier alpha value is -1.82. The van der Waals surface area contributed by atoms with Crippen LogP contribution in [0.3, 0.4) is 0 Å². The molecule has 328 valence electrons. The molecule has 0 spiro atoms. The summed E-state index contributed by atoms with van der Waals surface area (Å²) in [5.74, 6) is -0.805. The van der Waals surface area contributed by atoms with E-state index in [4.69, 9.17) is 18.9 Å². The number of rotatable bonds is 38. The van der Waals surface area contributed by atoms with E-state index >= 15 is 0 Å². The average Bonchev–Trinajstić information content (AvgIpc) is 3.19. The van der Waals surface area contributed by atoms with E-state index in [9.17, 15) is 30.0 Å². The molecule has 0 bridgehead atoms. The summed E-state index contributed by atoms with van der Waals surface area (Å²) in [6.07, 6.45) is 33.2. The van der Waals surface area contributed by atoms with Gasteiger partial charge in [-0.2, -0.15) is 0 Å². The van der Waals surface area contributed by atoms with Crippen LogP contribution >= 0.6 is 0 Å². The van der Waals surface area contributed by atoms with Gasteiger partial charge in [-0.3, -0.25) is 9.59 Å². The fourth-order valence-electron chi connectivity index (χ4n) is 6.92. The molecule has 0 aromatic carbocycles. The molecule has 2 unspecified atom stereocenters. The fraction of sp³-hybridized carbons (Fsp3) is 0.870. The minimum atomic E-state index is -1.59. The van der Waals surface area contributed by atoms with Crippen LogP contribution in [0, 0.1) is 0 Å². The topological polar surface area (TPSA) is 152 Å². The first-order valence-electron chi connectivity index (χ1n) is 22.9. The summed E-state index contributed by atoms with van der Waals surface area (Å²) in [7, 11) is 0. The molecule has 0 aliphatic carbocycles. The second kappa shape index (κ2) is 37.5. The summed E-state index contributed by atoms with van der Waals surface area (Å²) in [6.45, 7) is 3.40. The lowest BCUT2D eigenvalue weighted by Gasteiger charge is -2.39. The third-order valence-electron chi connectivity index (χ3n) is 10.6. The number of esters is 2. The van der Waals surface area contributed by atoms with Gasteiger partial charge in [0.05, 0.1) is 13.2 Å². The third-order valence-corrected chi connectivity index (χ3v) is 10.6. The molecule has 0 aromatic rings. The van der Waals surface area contributed by atoms with Crippen LogP contribution in [0.4, 0.5) is 0 Å². The highest BCUT2D eigenvalue weighted by atomic mass is 16.7. The predicted octanol–water partition coefficient (Wildman–Crippen LogP) is 9.72. The molecule has 1 aliphatic heterocycles. The zero-order valence-corrected chi connectivity index (χ0v) is 35.6. The lowest BCUT2D eigenvalue weighted by Crippen LogP contribution is -2.59. The third kappa shape index (κ3) is 28.6. The molecular formula is C46H84O10. The number of carbonyl (C=O) groups excluding carboxylic acids is 2. The second-order valence-electron chi connectivity index (χ2n) is 15.9. The maximum atomic E-state index is 12.7. The van der Waals surface area contributed by atoms with Crippen LogP contribution in [0.25, 0.3) is 0 Å². The van der Waals surface area contributed by atoms with Gasteiger partial charge in [-0.25, -0.2) is 0 Å². The molecule has 10 heteroatoms. The Kier molecular flexibility index (Phi) is 34.9. The summed E-state index contributed by atoms with van der Waals surface area (Å²) < 4.78 is 22.2. The van der Waals surface area contributed by atoms with Gasteiger partial charge in [0.15, 0.2) is 12.4 Å². The van der Waals surface area contributed by atoms with Gasteiger partial charge in [-0.15, -0.1) is 0 Å². The van der Waals surface area contributed by atoms with Gasteiger partial charge in [0.2, 0.25) is 0 Å². The number of ether oxygens (including phenoxy) is 4. The minimum Gasteiger partial charge on any atom is -0.462 e. The Morgan fingerprint density at radius 1 is 0.554 bits per heavy atom. The Labute approximate surface area is 341 Å². The maximum Gasteiger partial charge on any atom is 0.306 e. The summed E-state index contributed by atoms with van der Waals surface area (Å²) in [5, 5.41) is 40.0. The number of hydrogen-bond acceptors (Lipinski definition) is 10. The van der Waals surface area contributed by atoms with Crippen molar-refractivity contribution in [3.05, 3.63) is 24.3 Å². The Morgan fingerprint density at radius 3 is 1.52 bits per heavy atom. The van der Waals surface area contributed by atoms with Gasteiger partial charge in [-0.1, -0.05) is 167 Å². The van der Waals surface area contributed by atoms with E-state index < -0.39 is 49.4 Å². The first kappa shape index (κ1) is 52.2. The van der Waals surface area contributed by atoms with E-state index in [-0.39, 0.29) is 32.0 Å². The lowest BCUT2D eigenvalue weighted by atomic mass is 9.99. The van der Waals surface area contributed by atoms with Crippen LogP contribution < -0.4 is 0 Å². The Balaban J connectivity index is 2.29. The van der Waals surface area contributed by atoms with Crippen molar-refractivity contribution in [2.75, 3.05) is 19.8 Å². The highest BCUT2D eigenvalue weighted by Gasteiger charge is 2.44. The summed E-state index contributed by atoms with van der Waals surface area (Å²) in [5.41, 5.74) is 0. The average molecular weight is 797 g/mol. The highest BCUT2D eigenvalue weighted by molar-refractivity contribution is 5.70. The number of hydrogen-bond donors (Lipinski definition) is 4. The molecule has 0 saturated carbocycles. The zero-order chi connectivity index (χ0) is 40.9. The molecule has 1 aliphatic rings. The van der Waals surface area contributed by atoms with Crippen molar-refractivity contribution in [3.8, 4) is 0 Å². The molecular weight excluding hydrogens is 712 g/mol. The first-order valence-corrected chi connectivity index (χ1v) is 22.9. The monoisotopic (exact) mass is 797 g/mol. The molecule has 4 N–H and O–H groups in total. The summed E-state index contributed by atoms with van der Waals surface area (Å²) >= 11 is 0. The predicted molar refractivity (Wildman–Crippen MR) is 224 cm³/mol. The van der Waals surface area contributed by atoms with Crippen LogP contribution in [0.15, 0.2) is 24.3 Å². The van der Waals surface area contributed by atoms with Crippen LogP contribution in [0.1, 0.15) is 200 Å². The van der Waals surface area contributed by atoms with Crippen molar-refractivity contribution in [2.45, 2.75) is 237 Å². The van der Waals surface area contributed by atoms with Gasteiger partial charge in [0.1, 0.15) is 31.0 Å². The zero-order valence-electron chi connectivity index (χ0n) is 35.6. The molecule has 0 radical (unpaired) electrons. The molecule has 0 aromatic heterocycles. The van der Waals surface area contributed by atoms with E-state index in [1.54, 1.807) is 0 Å². The van der Waals surface area contributed by atoms with Crippen molar-refractivity contribution in [2.24, 2.45) is 0 Å². The van der Waals surface area contributed by atoms with Crippen LogP contribution in [0.2, 0.25) is 0 Å². The van der Waals surface area contributed by atoms with Gasteiger partial charge < -0.3 is 39.4 Å². The van der Waals surface area contributed by atoms with E-state index in [2.05, 4.69) is 38.2 Å². The second-order valence-corrected chi connectivity index (χ2v) is 15.9. The fourth-order valence-corrected chi connectivity index (χ4v) is 6.92. The SMILES string of the molecule is CCCCC/C=C/C/C=C/CCCCCCCCCCCC(=O)OC[C@@H](CO[C@H]1O[C@@H](CO)[C@@H](O)C(O)C1O)OC(=O)CCCCCCCCCCCCCC. The van der Waals surface area contributed by atoms with E-state index in [0.717, 1.165) is 57.8 Å². The largest absolute Gasteiger partial charge is 0.462 e. The lowest BCUT2D eigenvalue weighted by molar-refractivity contribution is -0.305. The summed E-state index contributed by atoms with van der Waals surface area (Å²) in [4.78, 5) is 25.3. The Morgan fingerprint density at radius 2 is 1.00 bits per heavy atom. The summed E-state index contributed by atoms with van der Waals surface area (Å²) in [6, 6.07) is 0. The Bertz CT molecular complexity index is 970. The van der Waals surface area contributed by atoms with Crippen molar-refractivity contribution in [3.63, 3.8) is 0 Å². The number of aliphatic hydroxyl groups excluding tert-OH is 4. The molecule has 56 heavy (non-hydrogen) atoms. The van der Waals surface area contributed by atoms with Crippen molar-refractivity contribution in [1.29, 1.82) is 0 Å². The van der Waals surface area contributed by atoms with Crippen molar-refractivity contribution >= 4 is 11.9 Å². The quantitative estimate of drug-likeness (QED) is 0.0270. The van der Waals surface area contributed by atoms with Gasteiger partial charge in [-0.05, 0) is 44.9 Å². The van der Waals surface area contributed by atoms with Gasteiger partial charge in [0, 0.05) is 12.8 Å². The van der Waals surface area contributed by atoms with Crippen molar-refractivity contribution in [1.82, 2.24) is 0 Å². The van der Waals surface area contributed by atoms with Crippen LogP contribution in [-0.2, 0) is 28.5 Å². The van der Waals surface area contributed by atoms with E-state index in [1.807, 2.05) is 0 Å². The number of aliphatic hydroxyl groups is 4. The first-order chi connectivity index (χ1) is 27.3. The normalized spacial score (nSPS) is 20.6. The molecule has 10 nitrogen and oxygen atoms in total. The molecule has 1 fully saturated rings. The van der Waals surface area contributed by atoms with Crippen molar-refractivity contribution < 1.29 is 49.0 Å². The van der Waals surface area contributed by atoms with Crippen LogP contribution in [-0.4, -0.2) is 89.0 Å². The van der Waals surface area contributed by atoms with Crippen LogP contribution in [0.5, 0.6) is 0 Å². The molecule has 1 rings (SSSR count). The molecule has 6 atom stereocenters. The van der Waals surface area contributed by atoms with E-state index in [1.165, 1.54) is 109 Å². The number of allylic oxidation sites excluding steroid dienone is 4. The molecule has 1 heterocycles. The molecule has 1 saturated heterocycles. The van der Waals surface area contributed by atoms with Gasteiger partial charge in [0.25, 0.3) is 0 Å². The smallest absolute Gasteiger partial charge is 0.306 e.